The molecule has 0 spiro atoms. The van der Waals surface area contributed by atoms with Gasteiger partial charge in [0, 0.05) is 23.8 Å². The molecule has 0 aliphatic heterocycles. The van der Waals surface area contributed by atoms with E-state index in [1.165, 1.54) is 0 Å². The van der Waals surface area contributed by atoms with Gasteiger partial charge in [-0.1, -0.05) is 18.5 Å². The first kappa shape index (κ1) is 14.7. The van der Waals surface area contributed by atoms with Gasteiger partial charge in [0.2, 0.25) is 5.95 Å². The van der Waals surface area contributed by atoms with Crippen LogP contribution in [0.15, 0.2) is 18.3 Å². The average Bonchev–Trinajstić information content (AvgIpc) is 2.74. The van der Waals surface area contributed by atoms with Gasteiger partial charge in [0.25, 0.3) is 0 Å². The number of halogens is 1. The number of anilines is 2. The SMILES string of the molecule is CCCn1cc(C)nc1Nc1cc(C)c(Cl)cc1OC. The standard InChI is InChI=1S/C15H20ClN3O/c1-5-6-19-9-11(3)17-15(19)18-13-7-10(2)12(16)8-14(13)20-4/h7-9H,5-6H2,1-4H3,(H,17,18). The third-order valence-corrected chi connectivity index (χ3v) is 3.50. The van der Waals surface area contributed by atoms with Gasteiger partial charge in [-0.15, -0.1) is 0 Å². The summed E-state index contributed by atoms with van der Waals surface area (Å²) in [4.78, 5) is 4.52. The molecule has 1 N–H and O–H groups in total. The third-order valence-electron chi connectivity index (χ3n) is 3.09. The number of imidazole rings is 1. The van der Waals surface area contributed by atoms with Crippen LogP contribution in [0, 0.1) is 13.8 Å². The minimum Gasteiger partial charge on any atom is -0.495 e. The highest BCUT2D eigenvalue weighted by Gasteiger charge is 2.11. The van der Waals surface area contributed by atoms with E-state index in [1.54, 1.807) is 7.11 Å². The molecule has 0 aliphatic rings. The van der Waals surface area contributed by atoms with Crippen molar-refractivity contribution >= 4 is 23.2 Å². The number of ether oxygens (including phenoxy) is 1. The molecular formula is C15H20ClN3O. The lowest BCUT2D eigenvalue weighted by molar-refractivity contribution is 0.416. The Labute approximate surface area is 124 Å². The summed E-state index contributed by atoms with van der Waals surface area (Å²) >= 11 is 6.12. The average molecular weight is 294 g/mol. The van der Waals surface area contributed by atoms with Crippen molar-refractivity contribution in [1.82, 2.24) is 9.55 Å². The summed E-state index contributed by atoms with van der Waals surface area (Å²) in [5.74, 6) is 1.54. The summed E-state index contributed by atoms with van der Waals surface area (Å²) < 4.78 is 7.49. The first-order chi connectivity index (χ1) is 9.55. The molecule has 2 aromatic rings. The van der Waals surface area contributed by atoms with Crippen LogP contribution in [0.2, 0.25) is 5.02 Å². The van der Waals surface area contributed by atoms with Crippen molar-refractivity contribution in [2.45, 2.75) is 33.7 Å². The van der Waals surface area contributed by atoms with Crippen LogP contribution in [0.3, 0.4) is 0 Å². The molecule has 1 heterocycles. The number of benzene rings is 1. The molecule has 5 heteroatoms. The first-order valence-corrected chi connectivity index (χ1v) is 7.08. The molecule has 4 nitrogen and oxygen atoms in total. The number of hydrogen-bond donors (Lipinski definition) is 1. The molecule has 0 fully saturated rings. The van der Waals surface area contributed by atoms with Crippen LogP contribution < -0.4 is 10.1 Å². The molecule has 0 saturated heterocycles. The lowest BCUT2D eigenvalue weighted by atomic mass is 10.2. The van der Waals surface area contributed by atoms with Gasteiger partial charge in [-0.25, -0.2) is 4.98 Å². The van der Waals surface area contributed by atoms with E-state index < -0.39 is 0 Å². The Morgan fingerprint density at radius 1 is 1.35 bits per heavy atom. The van der Waals surface area contributed by atoms with Crippen LogP contribution in [0.5, 0.6) is 5.75 Å². The van der Waals surface area contributed by atoms with E-state index >= 15 is 0 Å². The Hall–Kier alpha value is -1.68. The maximum atomic E-state index is 6.12. The van der Waals surface area contributed by atoms with E-state index in [2.05, 4.69) is 21.8 Å². The second-order valence-electron chi connectivity index (χ2n) is 4.83. The highest BCUT2D eigenvalue weighted by atomic mass is 35.5. The summed E-state index contributed by atoms with van der Waals surface area (Å²) in [5, 5.41) is 4.03. The zero-order valence-electron chi connectivity index (χ0n) is 12.3. The predicted octanol–water partition coefficient (Wildman–Crippen LogP) is 4.32. The molecule has 0 bridgehead atoms. The largest absolute Gasteiger partial charge is 0.495 e. The van der Waals surface area contributed by atoms with Crippen molar-refractivity contribution in [3.05, 3.63) is 34.6 Å². The second kappa shape index (κ2) is 6.18. The van der Waals surface area contributed by atoms with E-state index in [0.29, 0.717) is 10.8 Å². The van der Waals surface area contributed by atoms with Gasteiger partial charge in [-0.05, 0) is 31.9 Å². The molecule has 1 aromatic heterocycles. The molecule has 0 amide bonds. The number of nitrogens with zero attached hydrogens (tertiary/aromatic N) is 2. The Kier molecular flexibility index (Phi) is 4.55. The van der Waals surface area contributed by atoms with Gasteiger partial charge in [0.15, 0.2) is 0 Å². The third kappa shape index (κ3) is 3.07. The molecule has 0 aliphatic carbocycles. The fourth-order valence-corrected chi connectivity index (χ4v) is 2.26. The predicted molar refractivity (Wildman–Crippen MR) is 83.3 cm³/mol. The molecule has 0 saturated carbocycles. The van der Waals surface area contributed by atoms with Crippen molar-refractivity contribution in [1.29, 1.82) is 0 Å². The maximum absolute atomic E-state index is 6.12. The van der Waals surface area contributed by atoms with Crippen LogP contribution in [0.4, 0.5) is 11.6 Å². The van der Waals surface area contributed by atoms with Crippen molar-refractivity contribution in [2.24, 2.45) is 0 Å². The van der Waals surface area contributed by atoms with Gasteiger partial charge in [-0.3, -0.25) is 0 Å². The monoisotopic (exact) mass is 293 g/mol. The topological polar surface area (TPSA) is 39.1 Å². The van der Waals surface area contributed by atoms with Crippen LogP contribution in [0.1, 0.15) is 24.6 Å². The number of aromatic nitrogens is 2. The molecule has 2 rings (SSSR count). The maximum Gasteiger partial charge on any atom is 0.207 e. The van der Waals surface area contributed by atoms with E-state index in [4.69, 9.17) is 16.3 Å². The van der Waals surface area contributed by atoms with Crippen molar-refractivity contribution in [3.63, 3.8) is 0 Å². The highest BCUT2D eigenvalue weighted by Crippen LogP contribution is 2.32. The zero-order chi connectivity index (χ0) is 14.7. The summed E-state index contributed by atoms with van der Waals surface area (Å²) in [6.07, 6.45) is 3.10. The van der Waals surface area contributed by atoms with Gasteiger partial charge in [0.1, 0.15) is 5.75 Å². The van der Waals surface area contributed by atoms with E-state index in [9.17, 15) is 0 Å². The van der Waals surface area contributed by atoms with Crippen LogP contribution >= 0.6 is 11.6 Å². The summed E-state index contributed by atoms with van der Waals surface area (Å²) in [5.41, 5.74) is 2.86. The minimum atomic E-state index is 0.695. The molecule has 0 atom stereocenters. The summed E-state index contributed by atoms with van der Waals surface area (Å²) in [7, 11) is 1.63. The van der Waals surface area contributed by atoms with Crippen molar-refractivity contribution in [2.75, 3.05) is 12.4 Å². The molecule has 0 unspecified atom stereocenters. The van der Waals surface area contributed by atoms with E-state index in [1.807, 2.05) is 32.2 Å². The van der Waals surface area contributed by atoms with Crippen molar-refractivity contribution < 1.29 is 4.74 Å². The van der Waals surface area contributed by atoms with Gasteiger partial charge < -0.3 is 14.6 Å². The van der Waals surface area contributed by atoms with Gasteiger partial charge in [0.05, 0.1) is 18.5 Å². The Morgan fingerprint density at radius 3 is 2.75 bits per heavy atom. The quantitative estimate of drug-likeness (QED) is 0.892. The Balaban J connectivity index is 2.36. The smallest absolute Gasteiger partial charge is 0.207 e. The van der Waals surface area contributed by atoms with Gasteiger partial charge in [-0.2, -0.15) is 0 Å². The molecule has 20 heavy (non-hydrogen) atoms. The van der Waals surface area contributed by atoms with Crippen molar-refractivity contribution in [3.8, 4) is 5.75 Å². The van der Waals surface area contributed by atoms with Crippen LogP contribution in [-0.4, -0.2) is 16.7 Å². The number of methoxy groups -OCH3 is 1. The summed E-state index contributed by atoms with van der Waals surface area (Å²) in [6.45, 7) is 7.03. The lowest BCUT2D eigenvalue weighted by Crippen LogP contribution is -2.04. The fraction of sp³-hybridized carbons (Fsp3) is 0.400. The molecule has 0 radical (unpaired) electrons. The van der Waals surface area contributed by atoms with Crippen LogP contribution in [0.25, 0.3) is 0 Å². The normalized spacial score (nSPS) is 10.7. The lowest BCUT2D eigenvalue weighted by Gasteiger charge is -2.13. The minimum absolute atomic E-state index is 0.695. The Morgan fingerprint density at radius 2 is 2.10 bits per heavy atom. The molecular weight excluding hydrogens is 274 g/mol. The summed E-state index contributed by atoms with van der Waals surface area (Å²) in [6, 6.07) is 3.79. The number of rotatable bonds is 5. The molecule has 1 aromatic carbocycles. The van der Waals surface area contributed by atoms with Gasteiger partial charge >= 0.3 is 0 Å². The van der Waals surface area contributed by atoms with Crippen LogP contribution in [-0.2, 0) is 6.54 Å². The zero-order valence-corrected chi connectivity index (χ0v) is 13.1. The second-order valence-corrected chi connectivity index (χ2v) is 5.23. The van der Waals surface area contributed by atoms with E-state index in [0.717, 1.165) is 35.9 Å². The first-order valence-electron chi connectivity index (χ1n) is 6.70. The van der Waals surface area contributed by atoms with E-state index in [-0.39, 0.29) is 0 Å². The number of aryl methyl sites for hydroxylation is 3. The highest BCUT2D eigenvalue weighted by molar-refractivity contribution is 6.31. The number of nitrogens with one attached hydrogen (secondary N) is 1. The Bertz CT molecular complexity index is 607. The molecule has 108 valence electrons. The fourth-order valence-electron chi connectivity index (χ4n) is 2.11. The number of hydrogen-bond acceptors (Lipinski definition) is 3.